The van der Waals surface area contributed by atoms with Crippen LogP contribution in [0.2, 0.25) is 0 Å². The molecule has 0 aromatic heterocycles. The van der Waals surface area contributed by atoms with Crippen LogP contribution in [0.1, 0.15) is 11.1 Å². The molecule has 1 aliphatic heterocycles. The highest BCUT2D eigenvalue weighted by molar-refractivity contribution is 8.18. The number of ether oxygens (including phenoxy) is 2. The number of methoxy groups -OCH3 is 1. The Hall–Kier alpha value is -3.17. The first-order valence-corrected chi connectivity index (χ1v) is 9.01. The van der Waals surface area contributed by atoms with E-state index in [9.17, 15) is 4.79 Å². The average molecular weight is 378 g/mol. The van der Waals surface area contributed by atoms with E-state index in [1.807, 2.05) is 37.3 Å². The van der Waals surface area contributed by atoms with E-state index in [4.69, 9.17) is 15.9 Å². The lowest BCUT2D eigenvalue weighted by atomic mass is 10.2. The van der Waals surface area contributed by atoms with Gasteiger partial charge in [-0.1, -0.05) is 29.7 Å². The molecule has 1 saturated heterocycles. The summed E-state index contributed by atoms with van der Waals surface area (Å²) in [6.07, 6.45) is 7.00. The summed E-state index contributed by atoms with van der Waals surface area (Å²) in [7, 11) is 1.55. The Kier molecular flexibility index (Phi) is 5.84. The molecule has 1 fully saturated rings. The molecule has 0 unspecified atom stereocenters. The van der Waals surface area contributed by atoms with Crippen LogP contribution in [0.3, 0.4) is 0 Å². The van der Waals surface area contributed by atoms with E-state index in [-0.39, 0.29) is 12.5 Å². The number of hydrogen-bond acceptors (Lipinski definition) is 5. The van der Waals surface area contributed by atoms with Crippen LogP contribution in [-0.4, -0.2) is 24.8 Å². The Morgan fingerprint density at radius 1 is 1.22 bits per heavy atom. The molecule has 136 valence electrons. The quantitative estimate of drug-likeness (QED) is 0.633. The molecular weight excluding hydrogens is 360 g/mol. The summed E-state index contributed by atoms with van der Waals surface area (Å²) in [6, 6.07) is 13.2. The highest BCUT2D eigenvalue weighted by atomic mass is 32.2. The maximum absolute atomic E-state index is 12.2. The van der Waals surface area contributed by atoms with E-state index in [0.717, 1.165) is 16.8 Å². The molecule has 1 heterocycles. The van der Waals surface area contributed by atoms with Crippen LogP contribution >= 0.6 is 11.8 Å². The minimum absolute atomic E-state index is 0.161. The number of nitrogens with one attached hydrogen (secondary N) is 1. The number of carbonyl (C=O) groups excluding carboxylic acids is 1. The predicted molar refractivity (Wildman–Crippen MR) is 109 cm³/mol. The van der Waals surface area contributed by atoms with E-state index < -0.39 is 0 Å². The van der Waals surface area contributed by atoms with Gasteiger partial charge in [0.2, 0.25) is 0 Å². The number of amidine groups is 1. The maximum Gasteiger partial charge on any atom is 0.264 e. The molecule has 0 bridgehead atoms. The van der Waals surface area contributed by atoms with E-state index in [2.05, 4.69) is 16.2 Å². The number of benzene rings is 2. The minimum atomic E-state index is -0.183. The Labute approximate surface area is 162 Å². The number of terminal acetylenes is 1. The van der Waals surface area contributed by atoms with Gasteiger partial charge >= 0.3 is 0 Å². The van der Waals surface area contributed by atoms with Crippen molar-refractivity contribution in [3.63, 3.8) is 0 Å². The molecule has 2 aromatic rings. The monoisotopic (exact) mass is 378 g/mol. The first-order chi connectivity index (χ1) is 13.1. The summed E-state index contributed by atoms with van der Waals surface area (Å²) in [6.45, 7) is 2.18. The first kappa shape index (κ1) is 18.6. The van der Waals surface area contributed by atoms with Gasteiger partial charge in [0.25, 0.3) is 5.91 Å². The van der Waals surface area contributed by atoms with Gasteiger partial charge in [-0.05, 0) is 54.6 Å². The van der Waals surface area contributed by atoms with Gasteiger partial charge in [-0.25, -0.2) is 4.99 Å². The van der Waals surface area contributed by atoms with Crippen molar-refractivity contribution in [1.29, 1.82) is 0 Å². The second-order valence-electron chi connectivity index (χ2n) is 5.72. The fourth-order valence-corrected chi connectivity index (χ4v) is 3.22. The van der Waals surface area contributed by atoms with E-state index >= 15 is 0 Å². The van der Waals surface area contributed by atoms with Crippen molar-refractivity contribution in [2.75, 3.05) is 13.7 Å². The third-order valence-electron chi connectivity index (χ3n) is 3.71. The Balaban J connectivity index is 1.80. The van der Waals surface area contributed by atoms with Crippen LogP contribution in [-0.2, 0) is 4.79 Å². The molecule has 0 aliphatic carbocycles. The lowest BCUT2D eigenvalue weighted by molar-refractivity contribution is -0.115. The van der Waals surface area contributed by atoms with Gasteiger partial charge in [0.15, 0.2) is 16.7 Å². The van der Waals surface area contributed by atoms with Crippen molar-refractivity contribution in [1.82, 2.24) is 5.32 Å². The zero-order valence-electron chi connectivity index (χ0n) is 15.0. The van der Waals surface area contributed by atoms with Gasteiger partial charge in [0.05, 0.1) is 17.7 Å². The smallest absolute Gasteiger partial charge is 0.264 e. The van der Waals surface area contributed by atoms with Gasteiger partial charge in [-0.3, -0.25) is 4.79 Å². The lowest BCUT2D eigenvalue weighted by Gasteiger charge is -2.09. The highest BCUT2D eigenvalue weighted by Crippen LogP contribution is 2.32. The number of aliphatic imine (C=N–C) groups is 1. The van der Waals surface area contributed by atoms with Crippen LogP contribution in [0.25, 0.3) is 6.08 Å². The van der Waals surface area contributed by atoms with Gasteiger partial charge in [-0.15, -0.1) is 6.42 Å². The van der Waals surface area contributed by atoms with Gasteiger partial charge < -0.3 is 14.8 Å². The van der Waals surface area contributed by atoms with Gasteiger partial charge in [0, 0.05) is 0 Å². The normalized spacial score (nSPS) is 16.3. The summed E-state index contributed by atoms with van der Waals surface area (Å²) in [5, 5.41) is 3.33. The molecule has 0 atom stereocenters. The zero-order valence-corrected chi connectivity index (χ0v) is 15.8. The van der Waals surface area contributed by atoms with Gasteiger partial charge in [-0.2, -0.15) is 0 Å². The Morgan fingerprint density at radius 2 is 2.00 bits per heavy atom. The molecule has 2 aromatic carbocycles. The topological polar surface area (TPSA) is 59.9 Å². The standard InChI is InChI=1S/C21H18N2O3S/c1-4-11-26-17-10-7-15(12-18(17)25-3)13-19-20(24)23-21(27-19)22-16-8-5-14(2)6-9-16/h1,5-10,12-13H,11H2,2-3H3,(H,22,23,24)/b19-13+. The number of aryl methyl sites for hydroxylation is 1. The van der Waals surface area contributed by atoms with Crippen molar-refractivity contribution >= 4 is 34.6 Å². The van der Waals surface area contributed by atoms with Crippen LogP contribution in [0.5, 0.6) is 11.5 Å². The third kappa shape index (κ3) is 4.72. The molecule has 27 heavy (non-hydrogen) atoms. The molecule has 0 saturated carbocycles. The van der Waals surface area contributed by atoms with Crippen molar-refractivity contribution < 1.29 is 14.3 Å². The molecule has 0 radical (unpaired) electrons. The van der Waals surface area contributed by atoms with Crippen molar-refractivity contribution in [3.05, 3.63) is 58.5 Å². The van der Waals surface area contributed by atoms with Crippen LogP contribution in [0, 0.1) is 19.3 Å². The van der Waals surface area contributed by atoms with Crippen molar-refractivity contribution in [2.45, 2.75) is 6.92 Å². The number of thioether (sulfide) groups is 1. The van der Waals surface area contributed by atoms with Crippen molar-refractivity contribution in [3.8, 4) is 23.8 Å². The molecule has 0 spiro atoms. The van der Waals surface area contributed by atoms with E-state index in [1.165, 1.54) is 11.8 Å². The minimum Gasteiger partial charge on any atom is -0.493 e. The van der Waals surface area contributed by atoms with E-state index in [1.54, 1.807) is 25.3 Å². The number of carbonyl (C=O) groups is 1. The molecule has 5 nitrogen and oxygen atoms in total. The summed E-state index contributed by atoms with van der Waals surface area (Å²) in [5.74, 6) is 3.34. The molecular formula is C21H18N2O3S. The zero-order chi connectivity index (χ0) is 19.2. The predicted octanol–water partition coefficient (Wildman–Crippen LogP) is 3.91. The second-order valence-corrected chi connectivity index (χ2v) is 6.75. The summed E-state index contributed by atoms with van der Waals surface area (Å²) in [5.41, 5.74) is 2.77. The van der Waals surface area contributed by atoms with Crippen molar-refractivity contribution in [2.24, 2.45) is 4.99 Å². The van der Waals surface area contributed by atoms with Gasteiger partial charge in [0.1, 0.15) is 6.61 Å². The summed E-state index contributed by atoms with van der Waals surface area (Å²) >= 11 is 1.30. The molecule has 1 aliphatic rings. The largest absolute Gasteiger partial charge is 0.493 e. The Bertz CT molecular complexity index is 956. The van der Waals surface area contributed by atoms with Crippen LogP contribution in [0.4, 0.5) is 5.69 Å². The fourth-order valence-electron chi connectivity index (χ4n) is 2.38. The molecule has 1 N–H and O–H groups in total. The average Bonchev–Trinajstić information content (AvgIpc) is 3.01. The van der Waals surface area contributed by atoms with E-state index in [0.29, 0.717) is 21.6 Å². The summed E-state index contributed by atoms with van der Waals surface area (Å²) in [4.78, 5) is 17.3. The first-order valence-electron chi connectivity index (χ1n) is 8.19. The second kappa shape index (κ2) is 8.47. The van der Waals surface area contributed by atoms with Crippen LogP contribution < -0.4 is 14.8 Å². The maximum atomic E-state index is 12.2. The molecule has 3 rings (SSSR count). The Morgan fingerprint density at radius 3 is 2.70 bits per heavy atom. The number of hydrogen-bond donors (Lipinski definition) is 1. The highest BCUT2D eigenvalue weighted by Gasteiger charge is 2.24. The summed E-state index contributed by atoms with van der Waals surface area (Å²) < 4.78 is 10.8. The molecule has 6 heteroatoms. The fraction of sp³-hybridized carbons (Fsp3) is 0.143. The number of nitrogens with zero attached hydrogens (tertiary/aromatic N) is 1. The molecule has 1 amide bonds. The lowest BCUT2D eigenvalue weighted by Crippen LogP contribution is -2.19. The number of amides is 1. The third-order valence-corrected chi connectivity index (χ3v) is 4.62. The number of rotatable bonds is 5. The van der Waals surface area contributed by atoms with Crippen LogP contribution in [0.15, 0.2) is 52.4 Å². The SMILES string of the molecule is C#CCOc1ccc(/C=C2/SC(=Nc3ccc(C)cc3)NC2=O)cc1OC.